The Labute approximate surface area is 456 Å². The van der Waals surface area contributed by atoms with Crippen molar-refractivity contribution in [2.75, 3.05) is 118 Å². The molecule has 5 aromatic rings. The van der Waals surface area contributed by atoms with Gasteiger partial charge in [-0.15, -0.1) is 0 Å². The number of carbonyl (C=O) groups is 2. The zero-order valence-corrected chi connectivity index (χ0v) is 45.4. The number of anilines is 6. The van der Waals surface area contributed by atoms with Gasteiger partial charge in [0.2, 0.25) is 11.9 Å². The second kappa shape index (κ2) is 25.3. The minimum atomic E-state index is -0.268. The van der Waals surface area contributed by atoms with E-state index in [1.807, 2.05) is 19.1 Å². The number of nitriles is 1. The maximum absolute atomic E-state index is 13.3. The van der Waals surface area contributed by atoms with Crippen LogP contribution in [0.5, 0.6) is 11.8 Å². The van der Waals surface area contributed by atoms with Gasteiger partial charge in [-0.3, -0.25) is 14.5 Å². The zero-order chi connectivity index (χ0) is 53.3. The number of aromatic nitrogens is 4. The Kier molecular flexibility index (Phi) is 17.7. The minimum Gasteiger partial charge on any atom is -0.495 e. The number of fused-ring (bicyclic) bond motifs is 3. The van der Waals surface area contributed by atoms with Crippen LogP contribution in [0.3, 0.4) is 0 Å². The Balaban J connectivity index is 0.660. The molecule has 1 saturated carbocycles. The highest BCUT2D eigenvalue weighted by Crippen LogP contribution is 2.41. The second-order valence-corrected chi connectivity index (χ2v) is 21.0. The standard InChI is InChI=1S/C57H72ClN13O6/c1-4-47-55(73)67(2)49-34-62-56(65-53(49)71(47)41-13-5-6-14-41)63-45-19-18-39(33-50(45)74-3)54(72)61-24-30-76-32-31-75-29-10-26-68-25-9-15-42(68)37-77-57-64-46-36-69(48-17-8-12-38-11-7-16-44(58)51(38)48)27-21-43(46)52(66-57)70-28-23-60-40(35-70)20-22-59/h7-8,11-12,16-19,33-34,40-42,47,60H,4-6,9-10,13-15,20-21,23-32,35-37H2,1-3H3,(H,61,72)(H,62,63,65)/t40-,42-,47+/m0/s1. The number of nitrogens with zero attached hydrogens (tertiary/aromatic N) is 10. The Morgan fingerprint density at radius 2 is 1.77 bits per heavy atom. The summed E-state index contributed by atoms with van der Waals surface area (Å²) in [7, 11) is 3.35. The lowest BCUT2D eigenvalue weighted by atomic mass is 10.0. The van der Waals surface area contributed by atoms with Crippen molar-refractivity contribution in [1.82, 2.24) is 35.5 Å². The fourth-order valence-corrected chi connectivity index (χ4v) is 12.1. The number of methoxy groups -OCH3 is 1. The van der Waals surface area contributed by atoms with Crippen LogP contribution in [0, 0.1) is 11.3 Å². The average Bonchev–Trinajstić information content (AvgIpc) is 4.19. The smallest absolute Gasteiger partial charge is 0.318 e. The van der Waals surface area contributed by atoms with Crippen LogP contribution < -0.4 is 45.0 Å². The molecule has 408 valence electrons. The highest BCUT2D eigenvalue weighted by molar-refractivity contribution is 6.36. The SMILES string of the molecule is CC[C@@H]1C(=O)N(C)c2cnc(Nc3ccc(C(=O)NCCOCCOCCCN4CCC[C@H]4COc4nc5c(c(N6CCN[C@@H](CC#N)C6)n4)CCN(c4cccc6cccc(Cl)c46)C5)cc3OC)nc2N1C1CCCC1. The van der Waals surface area contributed by atoms with Crippen LogP contribution >= 0.6 is 11.6 Å². The largest absolute Gasteiger partial charge is 0.495 e. The predicted octanol–water partition coefficient (Wildman–Crippen LogP) is 7.28. The molecule has 2 aromatic heterocycles. The fraction of sp³-hybridized carbons (Fsp3) is 0.526. The third-order valence-corrected chi connectivity index (χ3v) is 16.1. The summed E-state index contributed by atoms with van der Waals surface area (Å²) in [5.74, 6) is 2.35. The Morgan fingerprint density at radius 3 is 2.58 bits per heavy atom. The molecule has 77 heavy (non-hydrogen) atoms. The topological polar surface area (TPSA) is 199 Å². The van der Waals surface area contributed by atoms with E-state index in [-0.39, 0.29) is 36.0 Å². The Hall–Kier alpha value is -6.56. The van der Waals surface area contributed by atoms with Crippen LogP contribution in [0.1, 0.15) is 86.3 Å². The van der Waals surface area contributed by atoms with Crippen LogP contribution in [-0.4, -0.2) is 154 Å². The number of ether oxygens (including phenoxy) is 4. The van der Waals surface area contributed by atoms with Crippen molar-refractivity contribution < 1.29 is 28.5 Å². The molecule has 0 unspecified atom stereocenters. The number of benzene rings is 3. The van der Waals surface area contributed by atoms with E-state index in [4.69, 9.17) is 45.5 Å². The third kappa shape index (κ3) is 12.3. The van der Waals surface area contributed by atoms with E-state index in [1.54, 1.807) is 43.5 Å². The number of amides is 2. The first-order chi connectivity index (χ1) is 37.7. The van der Waals surface area contributed by atoms with E-state index in [9.17, 15) is 14.9 Å². The molecule has 10 rings (SSSR count). The van der Waals surface area contributed by atoms with Gasteiger partial charge in [-0.1, -0.05) is 55.6 Å². The monoisotopic (exact) mass is 1070 g/mol. The molecule has 20 heteroatoms. The number of hydrogen-bond donors (Lipinski definition) is 3. The molecule has 3 aromatic carbocycles. The van der Waals surface area contributed by atoms with Crippen molar-refractivity contribution in [2.24, 2.45) is 0 Å². The van der Waals surface area contributed by atoms with Crippen molar-refractivity contribution in [3.63, 3.8) is 0 Å². The summed E-state index contributed by atoms with van der Waals surface area (Å²) >= 11 is 6.79. The lowest BCUT2D eigenvalue weighted by molar-refractivity contribution is -0.120. The van der Waals surface area contributed by atoms with Crippen LogP contribution in [0.15, 0.2) is 60.8 Å². The van der Waals surface area contributed by atoms with E-state index in [0.717, 1.165) is 128 Å². The minimum absolute atomic E-state index is 0.0661. The average molecular weight is 1070 g/mol. The molecule has 6 heterocycles. The summed E-state index contributed by atoms with van der Waals surface area (Å²) in [6.45, 7) is 10.3. The molecule has 3 fully saturated rings. The number of likely N-dealkylation sites (N-methyl/N-ethyl adjacent to an activating group) is 1. The van der Waals surface area contributed by atoms with Gasteiger partial charge in [-0.25, -0.2) is 4.98 Å². The summed E-state index contributed by atoms with van der Waals surface area (Å²) in [5, 5.41) is 22.1. The quantitative estimate of drug-likeness (QED) is 0.0584. The molecular weight excluding hydrogens is 998 g/mol. The van der Waals surface area contributed by atoms with Crippen molar-refractivity contribution >= 4 is 68.8 Å². The summed E-state index contributed by atoms with van der Waals surface area (Å²) in [6.07, 6.45) is 11.0. The molecular formula is C57H72ClN13O6. The first kappa shape index (κ1) is 53.8. The van der Waals surface area contributed by atoms with Gasteiger partial charge in [0, 0.05) is 93.2 Å². The maximum atomic E-state index is 13.3. The Bertz CT molecular complexity index is 2910. The summed E-state index contributed by atoms with van der Waals surface area (Å²) in [4.78, 5) is 57.2. The van der Waals surface area contributed by atoms with Gasteiger partial charge < -0.3 is 54.5 Å². The summed E-state index contributed by atoms with van der Waals surface area (Å²) in [6, 6.07) is 20.6. The van der Waals surface area contributed by atoms with Gasteiger partial charge in [0.05, 0.1) is 68.6 Å². The van der Waals surface area contributed by atoms with E-state index >= 15 is 0 Å². The normalized spacial score (nSPS) is 19.8. The molecule has 4 aliphatic heterocycles. The number of halogens is 1. The van der Waals surface area contributed by atoms with E-state index < -0.39 is 0 Å². The number of hydrogen-bond acceptors (Lipinski definition) is 17. The second-order valence-electron chi connectivity index (χ2n) is 20.6. The van der Waals surface area contributed by atoms with Crippen LogP contribution in [0.25, 0.3) is 10.8 Å². The van der Waals surface area contributed by atoms with E-state index in [1.165, 1.54) is 0 Å². The van der Waals surface area contributed by atoms with Gasteiger partial charge in [-0.05, 0) is 87.2 Å². The van der Waals surface area contributed by atoms with E-state index in [0.29, 0.717) is 100 Å². The molecule has 3 N–H and O–H groups in total. The van der Waals surface area contributed by atoms with Crippen LogP contribution in [-0.2, 0) is 27.2 Å². The third-order valence-electron chi connectivity index (χ3n) is 15.8. The summed E-state index contributed by atoms with van der Waals surface area (Å²) < 4.78 is 24.0. The highest BCUT2D eigenvalue weighted by atomic mass is 35.5. The predicted molar refractivity (Wildman–Crippen MR) is 299 cm³/mol. The van der Waals surface area contributed by atoms with Gasteiger partial charge in [-0.2, -0.15) is 20.2 Å². The number of nitrogens with one attached hydrogen (secondary N) is 3. The molecule has 2 amide bonds. The molecule has 3 atom stereocenters. The Morgan fingerprint density at radius 1 is 0.935 bits per heavy atom. The fourth-order valence-electron chi connectivity index (χ4n) is 11.8. The zero-order valence-electron chi connectivity index (χ0n) is 44.6. The first-order valence-corrected chi connectivity index (χ1v) is 27.9. The number of piperazine rings is 1. The molecule has 19 nitrogen and oxygen atoms in total. The molecule has 2 saturated heterocycles. The van der Waals surface area contributed by atoms with Crippen molar-refractivity contribution in [1.29, 1.82) is 5.26 Å². The molecule has 1 aliphatic carbocycles. The van der Waals surface area contributed by atoms with Crippen molar-refractivity contribution in [3.05, 3.63) is 82.6 Å². The van der Waals surface area contributed by atoms with Crippen molar-refractivity contribution in [3.8, 4) is 17.8 Å². The lowest BCUT2D eigenvalue weighted by Gasteiger charge is -2.43. The number of rotatable bonds is 22. The molecule has 0 spiro atoms. The lowest BCUT2D eigenvalue weighted by Crippen LogP contribution is -2.55. The van der Waals surface area contributed by atoms with Crippen LogP contribution in [0.4, 0.5) is 34.6 Å². The number of carbonyl (C=O) groups excluding carboxylic acids is 2. The molecule has 5 aliphatic rings. The molecule has 0 bridgehead atoms. The van der Waals surface area contributed by atoms with Crippen LogP contribution in [0.2, 0.25) is 5.02 Å². The van der Waals surface area contributed by atoms with Crippen molar-refractivity contribution in [2.45, 2.75) is 102 Å². The first-order valence-electron chi connectivity index (χ1n) is 27.6. The van der Waals surface area contributed by atoms with Gasteiger partial charge in [0.1, 0.15) is 29.9 Å². The maximum Gasteiger partial charge on any atom is 0.318 e. The van der Waals surface area contributed by atoms with Gasteiger partial charge in [0.15, 0.2) is 5.82 Å². The highest BCUT2D eigenvalue weighted by Gasteiger charge is 2.41. The molecule has 0 radical (unpaired) electrons. The van der Waals surface area contributed by atoms with Gasteiger partial charge in [0.25, 0.3) is 5.91 Å². The van der Waals surface area contributed by atoms with E-state index in [2.05, 4.69) is 70.9 Å². The number of likely N-dealkylation sites (tertiary alicyclic amines) is 1. The van der Waals surface area contributed by atoms with Gasteiger partial charge >= 0.3 is 6.01 Å². The summed E-state index contributed by atoms with van der Waals surface area (Å²) in [5.41, 5.74) is 4.96.